The third-order valence-corrected chi connectivity index (χ3v) is 5.51. The second-order valence-electron chi connectivity index (χ2n) is 7.87. The van der Waals surface area contributed by atoms with Crippen molar-refractivity contribution in [2.45, 2.75) is 72.1 Å². The summed E-state index contributed by atoms with van der Waals surface area (Å²) in [6, 6.07) is 12.2. The van der Waals surface area contributed by atoms with Crippen LogP contribution in [0.2, 0.25) is 0 Å². The number of aryl methyl sites for hydroxylation is 2. The van der Waals surface area contributed by atoms with Crippen LogP contribution in [0, 0.1) is 0 Å². The summed E-state index contributed by atoms with van der Waals surface area (Å²) in [5.41, 5.74) is 6.35. The van der Waals surface area contributed by atoms with Crippen LogP contribution in [0.25, 0.3) is 0 Å². The molecule has 0 atom stereocenters. The van der Waals surface area contributed by atoms with Crippen LogP contribution >= 0.6 is 0 Å². The highest BCUT2D eigenvalue weighted by Crippen LogP contribution is 2.32. The van der Waals surface area contributed by atoms with Gasteiger partial charge in [-0.25, -0.2) is 0 Å². The van der Waals surface area contributed by atoms with E-state index in [0.29, 0.717) is 0 Å². The molecular weight excluding hydrogens is 372 g/mol. The lowest BCUT2D eigenvalue weighted by atomic mass is 9.87. The van der Waals surface area contributed by atoms with E-state index in [1.807, 2.05) is 24.3 Å². The predicted octanol–water partition coefficient (Wildman–Crippen LogP) is 6.45. The van der Waals surface area contributed by atoms with Crippen molar-refractivity contribution >= 4 is 17.3 Å². The van der Waals surface area contributed by atoms with Gasteiger partial charge in [0.25, 0.3) is 0 Å². The number of anilines is 2. The second-order valence-corrected chi connectivity index (χ2v) is 7.87. The molecule has 3 N–H and O–H groups in total. The maximum absolute atomic E-state index is 12.3. The van der Waals surface area contributed by atoms with Gasteiger partial charge in [0.1, 0.15) is 5.92 Å². The molecule has 4 heteroatoms. The number of aliphatic carboxylic acids is 1. The molecule has 0 saturated carbocycles. The largest absolute Gasteiger partial charge is 0.481 e. The highest BCUT2D eigenvalue weighted by Gasteiger charge is 2.24. The number of benzene rings is 2. The number of unbranched alkanes of at least 4 members (excludes halogenated alkanes) is 2. The number of rotatable bonds is 13. The summed E-state index contributed by atoms with van der Waals surface area (Å²) in [4.78, 5) is 12.3. The van der Waals surface area contributed by atoms with Gasteiger partial charge in [0.2, 0.25) is 0 Å². The highest BCUT2D eigenvalue weighted by atomic mass is 16.4. The van der Waals surface area contributed by atoms with Crippen LogP contribution in [0.15, 0.2) is 36.4 Å². The van der Waals surface area contributed by atoms with E-state index >= 15 is 0 Å². The average Bonchev–Trinajstić information content (AvgIpc) is 2.73. The summed E-state index contributed by atoms with van der Waals surface area (Å²) in [6.45, 7) is 10.2. The minimum atomic E-state index is -0.801. The Morgan fingerprint density at radius 1 is 0.800 bits per heavy atom. The van der Waals surface area contributed by atoms with Crippen LogP contribution in [0.1, 0.15) is 81.5 Å². The summed E-state index contributed by atoms with van der Waals surface area (Å²) in [5, 5.41) is 17.0. The molecule has 0 aliphatic heterocycles. The number of hydrogen-bond donors (Lipinski definition) is 3. The Kier molecular flexibility index (Phi) is 9.72. The minimum Gasteiger partial charge on any atom is -0.481 e. The van der Waals surface area contributed by atoms with Crippen LogP contribution in [-0.4, -0.2) is 24.2 Å². The highest BCUT2D eigenvalue weighted by molar-refractivity contribution is 5.81. The molecule has 0 aromatic heterocycles. The lowest BCUT2D eigenvalue weighted by molar-refractivity contribution is -0.137. The van der Waals surface area contributed by atoms with E-state index in [1.54, 1.807) is 0 Å². The number of nitrogens with one attached hydrogen (secondary N) is 2. The number of hydrogen-bond acceptors (Lipinski definition) is 3. The zero-order valence-corrected chi connectivity index (χ0v) is 19.1. The summed E-state index contributed by atoms with van der Waals surface area (Å²) in [5.74, 6) is -1.46. The van der Waals surface area contributed by atoms with Crippen molar-refractivity contribution < 1.29 is 9.90 Å². The van der Waals surface area contributed by atoms with Gasteiger partial charge in [-0.2, -0.15) is 0 Å². The minimum absolute atomic E-state index is 0.655. The first-order valence-corrected chi connectivity index (χ1v) is 11.5. The van der Waals surface area contributed by atoms with Crippen LogP contribution in [0.5, 0.6) is 0 Å². The van der Waals surface area contributed by atoms with Crippen molar-refractivity contribution in [3.63, 3.8) is 0 Å². The van der Waals surface area contributed by atoms with Gasteiger partial charge in [-0.15, -0.1) is 0 Å². The summed E-state index contributed by atoms with van der Waals surface area (Å²) < 4.78 is 0. The lowest BCUT2D eigenvalue weighted by Gasteiger charge is -2.19. The van der Waals surface area contributed by atoms with Gasteiger partial charge in [-0.3, -0.25) is 4.79 Å². The van der Waals surface area contributed by atoms with E-state index in [1.165, 1.54) is 11.1 Å². The molecule has 0 heterocycles. The molecule has 0 unspecified atom stereocenters. The maximum Gasteiger partial charge on any atom is 0.315 e. The zero-order valence-electron chi connectivity index (χ0n) is 19.1. The Hall–Kier alpha value is -2.49. The number of carboxylic acids is 1. The first-order chi connectivity index (χ1) is 14.5. The molecular formula is C26H38N2O2. The Morgan fingerprint density at radius 2 is 1.23 bits per heavy atom. The van der Waals surface area contributed by atoms with Gasteiger partial charge in [-0.05, 0) is 73.9 Å². The second kappa shape index (κ2) is 12.3. The third kappa shape index (κ3) is 6.25. The van der Waals surface area contributed by atoms with Gasteiger partial charge in [-0.1, -0.05) is 51.0 Å². The first-order valence-electron chi connectivity index (χ1n) is 11.5. The van der Waals surface area contributed by atoms with E-state index in [0.717, 1.165) is 74.1 Å². The normalized spacial score (nSPS) is 11.0. The fourth-order valence-corrected chi connectivity index (χ4v) is 3.94. The predicted molar refractivity (Wildman–Crippen MR) is 128 cm³/mol. The van der Waals surface area contributed by atoms with Crippen LogP contribution < -0.4 is 10.6 Å². The molecule has 2 aromatic carbocycles. The SMILES string of the molecule is CCCCc1cc(C(C(=O)O)c2ccc(NCC)c(CCCC)c2)ccc1NCC. The molecule has 2 aromatic rings. The average molecular weight is 411 g/mol. The smallest absolute Gasteiger partial charge is 0.315 e. The topological polar surface area (TPSA) is 61.4 Å². The Morgan fingerprint density at radius 3 is 1.57 bits per heavy atom. The molecule has 164 valence electrons. The van der Waals surface area contributed by atoms with Gasteiger partial charge in [0.15, 0.2) is 0 Å². The van der Waals surface area contributed by atoms with Crippen LogP contribution in [-0.2, 0) is 17.6 Å². The molecule has 0 radical (unpaired) electrons. The monoisotopic (exact) mass is 410 g/mol. The van der Waals surface area contributed by atoms with Crippen LogP contribution in [0.3, 0.4) is 0 Å². The Bertz CT molecular complexity index is 755. The Labute approximate surface area is 182 Å². The number of carboxylic acid groups (broad SMARTS) is 1. The molecule has 0 bridgehead atoms. The van der Waals surface area contributed by atoms with Crippen LogP contribution in [0.4, 0.5) is 11.4 Å². The molecule has 30 heavy (non-hydrogen) atoms. The van der Waals surface area contributed by atoms with E-state index in [4.69, 9.17) is 0 Å². The molecule has 0 amide bonds. The third-order valence-electron chi connectivity index (χ3n) is 5.51. The van der Waals surface area contributed by atoms with Crippen molar-refractivity contribution in [3.8, 4) is 0 Å². The van der Waals surface area contributed by atoms with Gasteiger partial charge < -0.3 is 15.7 Å². The maximum atomic E-state index is 12.3. The van der Waals surface area contributed by atoms with Crippen molar-refractivity contribution in [2.24, 2.45) is 0 Å². The van der Waals surface area contributed by atoms with Crippen molar-refractivity contribution in [1.29, 1.82) is 0 Å². The fourth-order valence-electron chi connectivity index (χ4n) is 3.94. The summed E-state index contributed by atoms with van der Waals surface area (Å²) >= 11 is 0. The van der Waals surface area contributed by atoms with E-state index in [2.05, 4.69) is 50.5 Å². The summed E-state index contributed by atoms with van der Waals surface area (Å²) in [6.07, 6.45) is 6.34. The molecule has 4 nitrogen and oxygen atoms in total. The van der Waals surface area contributed by atoms with E-state index in [-0.39, 0.29) is 0 Å². The molecule has 0 aliphatic carbocycles. The molecule has 0 saturated heterocycles. The van der Waals surface area contributed by atoms with Gasteiger partial charge in [0, 0.05) is 24.5 Å². The van der Waals surface area contributed by atoms with Crippen molar-refractivity contribution in [1.82, 2.24) is 0 Å². The zero-order chi connectivity index (χ0) is 21.9. The van der Waals surface area contributed by atoms with Crippen molar-refractivity contribution in [3.05, 3.63) is 58.7 Å². The quantitative estimate of drug-likeness (QED) is 0.355. The van der Waals surface area contributed by atoms with Crippen molar-refractivity contribution in [2.75, 3.05) is 23.7 Å². The lowest BCUT2D eigenvalue weighted by Crippen LogP contribution is -2.15. The molecule has 0 fully saturated rings. The fraction of sp³-hybridized carbons (Fsp3) is 0.500. The van der Waals surface area contributed by atoms with E-state index < -0.39 is 11.9 Å². The Balaban J connectivity index is 2.47. The number of carbonyl (C=O) groups is 1. The van der Waals surface area contributed by atoms with E-state index in [9.17, 15) is 9.90 Å². The standard InChI is InChI=1S/C26H38N2O2/c1-5-9-11-19-17-21(13-15-23(19)27-7-3)25(26(29)30)22-14-16-24(28-8-4)20(18-22)12-10-6-2/h13-18,25,27-28H,5-12H2,1-4H3,(H,29,30). The molecule has 2 rings (SSSR count). The molecule has 0 aliphatic rings. The summed E-state index contributed by atoms with van der Waals surface area (Å²) in [7, 11) is 0. The molecule has 0 spiro atoms. The van der Waals surface area contributed by atoms with Gasteiger partial charge >= 0.3 is 5.97 Å². The first kappa shape index (κ1) is 23.8. The van der Waals surface area contributed by atoms with Gasteiger partial charge in [0.05, 0.1) is 0 Å².